The van der Waals surface area contributed by atoms with Crippen LogP contribution >= 0.6 is 33.9 Å². The van der Waals surface area contributed by atoms with Crippen molar-refractivity contribution in [3.05, 3.63) is 43.3 Å². The minimum Gasteiger partial charge on any atom is -0.496 e. The Hall–Kier alpha value is -1.41. The van der Waals surface area contributed by atoms with Crippen LogP contribution in [0.2, 0.25) is 0 Å². The SMILES string of the molecule is CCOC(=O)c1c(N=Cc2ccc(OC)c(I)c2)sc2c1CCCC2. The molecule has 0 unspecified atom stereocenters. The molecule has 1 aliphatic carbocycles. The highest BCUT2D eigenvalue weighted by Gasteiger charge is 2.25. The predicted octanol–water partition coefficient (Wildman–Crippen LogP) is 5.17. The van der Waals surface area contributed by atoms with E-state index in [0.29, 0.717) is 12.2 Å². The summed E-state index contributed by atoms with van der Waals surface area (Å²) in [5, 5.41) is 0.760. The number of benzene rings is 1. The van der Waals surface area contributed by atoms with Crippen molar-refractivity contribution in [2.24, 2.45) is 4.99 Å². The van der Waals surface area contributed by atoms with E-state index < -0.39 is 0 Å². The van der Waals surface area contributed by atoms with Gasteiger partial charge in [0.15, 0.2) is 0 Å². The van der Waals surface area contributed by atoms with Crippen LogP contribution in [0, 0.1) is 3.57 Å². The maximum atomic E-state index is 12.4. The lowest BCUT2D eigenvalue weighted by Gasteiger charge is -2.11. The number of carbonyl (C=O) groups is 1. The number of aliphatic imine (C=N–C) groups is 1. The summed E-state index contributed by atoms with van der Waals surface area (Å²) in [6.07, 6.45) is 6.07. The Bertz CT molecular complexity index is 813. The fraction of sp³-hybridized carbons (Fsp3) is 0.368. The number of rotatable bonds is 5. The summed E-state index contributed by atoms with van der Waals surface area (Å²) in [5.74, 6) is 0.593. The summed E-state index contributed by atoms with van der Waals surface area (Å²) >= 11 is 3.86. The zero-order chi connectivity index (χ0) is 17.8. The molecular weight excluding hydrogens is 449 g/mol. The number of halogens is 1. The number of ether oxygens (including phenoxy) is 2. The first-order chi connectivity index (χ1) is 12.1. The summed E-state index contributed by atoms with van der Waals surface area (Å²) in [4.78, 5) is 18.4. The molecule has 0 fully saturated rings. The van der Waals surface area contributed by atoms with Crippen LogP contribution in [0.15, 0.2) is 23.2 Å². The second-order valence-corrected chi connectivity index (χ2v) is 8.01. The van der Waals surface area contributed by atoms with Gasteiger partial charge in [0.1, 0.15) is 10.8 Å². The van der Waals surface area contributed by atoms with Crippen LogP contribution < -0.4 is 4.74 Å². The first-order valence-electron chi connectivity index (χ1n) is 8.33. The van der Waals surface area contributed by atoms with E-state index >= 15 is 0 Å². The minimum absolute atomic E-state index is 0.252. The number of fused-ring (bicyclic) bond motifs is 1. The molecule has 2 aromatic rings. The average Bonchev–Trinajstić information content (AvgIpc) is 2.98. The Kier molecular flexibility index (Phi) is 6.11. The molecule has 132 valence electrons. The summed E-state index contributed by atoms with van der Waals surface area (Å²) in [5.41, 5.74) is 2.79. The number of hydrogen-bond donors (Lipinski definition) is 0. The van der Waals surface area contributed by atoms with E-state index in [1.807, 2.05) is 31.3 Å². The highest BCUT2D eigenvalue weighted by atomic mass is 127. The summed E-state index contributed by atoms with van der Waals surface area (Å²) < 4.78 is 11.6. The fourth-order valence-corrected chi connectivity index (χ4v) is 4.93. The monoisotopic (exact) mass is 469 g/mol. The van der Waals surface area contributed by atoms with E-state index in [1.165, 1.54) is 11.3 Å². The van der Waals surface area contributed by atoms with E-state index in [1.54, 1.807) is 18.4 Å². The number of aryl methyl sites for hydroxylation is 1. The predicted molar refractivity (Wildman–Crippen MR) is 110 cm³/mol. The van der Waals surface area contributed by atoms with Crippen molar-refractivity contribution in [2.75, 3.05) is 13.7 Å². The summed E-state index contributed by atoms with van der Waals surface area (Å²) in [6, 6.07) is 5.90. The summed E-state index contributed by atoms with van der Waals surface area (Å²) in [6.45, 7) is 2.21. The molecule has 0 spiro atoms. The van der Waals surface area contributed by atoms with E-state index in [-0.39, 0.29) is 5.97 Å². The van der Waals surface area contributed by atoms with Crippen LogP contribution in [0.3, 0.4) is 0 Å². The zero-order valence-electron chi connectivity index (χ0n) is 14.3. The van der Waals surface area contributed by atoms with Gasteiger partial charge in [0.2, 0.25) is 0 Å². The van der Waals surface area contributed by atoms with Gasteiger partial charge in [-0.1, -0.05) is 0 Å². The van der Waals surface area contributed by atoms with Crippen LogP contribution in [0.25, 0.3) is 0 Å². The molecule has 0 radical (unpaired) electrons. The Morgan fingerprint density at radius 3 is 2.88 bits per heavy atom. The lowest BCUT2D eigenvalue weighted by Crippen LogP contribution is -2.09. The third kappa shape index (κ3) is 4.06. The molecule has 0 aliphatic heterocycles. The summed E-state index contributed by atoms with van der Waals surface area (Å²) in [7, 11) is 1.66. The lowest BCUT2D eigenvalue weighted by molar-refractivity contribution is 0.0526. The zero-order valence-corrected chi connectivity index (χ0v) is 17.3. The number of hydrogen-bond acceptors (Lipinski definition) is 5. The molecule has 0 amide bonds. The Morgan fingerprint density at radius 2 is 2.16 bits per heavy atom. The molecule has 0 atom stereocenters. The first-order valence-corrected chi connectivity index (χ1v) is 10.2. The quantitative estimate of drug-likeness (QED) is 0.345. The number of nitrogens with zero attached hydrogens (tertiary/aromatic N) is 1. The lowest BCUT2D eigenvalue weighted by atomic mass is 9.95. The standard InChI is InChI=1S/C19H20INO3S/c1-3-24-19(22)17-13-6-4-5-7-16(13)25-18(17)21-11-12-8-9-15(23-2)14(20)10-12/h8-11H,3-7H2,1-2H3. The third-order valence-corrected chi connectivity index (χ3v) is 6.18. The van der Waals surface area contributed by atoms with Gasteiger partial charge in [-0.2, -0.15) is 0 Å². The van der Waals surface area contributed by atoms with Crippen molar-refractivity contribution in [1.29, 1.82) is 0 Å². The van der Waals surface area contributed by atoms with E-state index in [4.69, 9.17) is 9.47 Å². The molecule has 1 aromatic heterocycles. The number of thiophene rings is 1. The second-order valence-electron chi connectivity index (χ2n) is 5.76. The molecule has 1 heterocycles. The van der Waals surface area contributed by atoms with Crippen molar-refractivity contribution in [3.63, 3.8) is 0 Å². The topological polar surface area (TPSA) is 47.9 Å². The normalized spacial score (nSPS) is 13.7. The molecule has 0 saturated carbocycles. The fourth-order valence-electron chi connectivity index (χ4n) is 2.95. The van der Waals surface area contributed by atoms with Gasteiger partial charge in [-0.05, 0) is 84.5 Å². The Balaban J connectivity index is 1.95. The van der Waals surface area contributed by atoms with Gasteiger partial charge in [0.05, 0.1) is 22.9 Å². The van der Waals surface area contributed by atoms with Crippen molar-refractivity contribution >= 4 is 51.1 Å². The van der Waals surface area contributed by atoms with Crippen LogP contribution in [0.4, 0.5) is 5.00 Å². The van der Waals surface area contributed by atoms with Gasteiger partial charge in [0.25, 0.3) is 0 Å². The van der Waals surface area contributed by atoms with Crippen molar-refractivity contribution in [1.82, 2.24) is 0 Å². The first kappa shape index (κ1) is 18.4. The molecule has 4 nitrogen and oxygen atoms in total. The van der Waals surface area contributed by atoms with Crippen LogP contribution in [0.1, 0.15) is 46.1 Å². The number of methoxy groups -OCH3 is 1. The molecular formula is C19H20INO3S. The van der Waals surface area contributed by atoms with E-state index in [2.05, 4.69) is 27.6 Å². The Labute approximate surface area is 165 Å². The molecule has 0 N–H and O–H groups in total. The van der Waals surface area contributed by atoms with Crippen LogP contribution in [-0.4, -0.2) is 25.9 Å². The smallest absolute Gasteiger partial charge is 0.341 e. The minimum atomic E-state index is -0.252. The van der Waals surface area contributed by atoms with Gasteiger partial charge < -0.3 is 9.47 Å². The van der Waals surface area contributed by atoms with E-state index in [0.717, 1.165) is 44.7 Å². The average molecular weight is 469 g/mol. The highest BCUT2D eigenvalue weighted by Crippen LogP contribution is 2.40. The van der Waals surface area contributed by atoms with Gasteiger partial charge in [0, 0.05) is 11.1 Å². The highest BCUT2D eigenvalue weighted by molar-refractivity contribution is 14.1. The maximum Gasteiger partial charge on any atom is 0.341 e. The van der Waals surface area contributed by atoms with Crippen molar-refractivity contribution in [2.45, 2.75) is 32.6 Å². The molecule has 1 aliphatic rings. The van der Waals surface area contributed by atoms with Gasteiger partial charge >= 0.3 is 5.97 Å². The van der Waals surface area contributed by atoms with E-state index in [9.17, 15) is 4.79 Å². The number of esters is 1. The van der Waals surface area contributed by atoms with Gasteiger partial charge in [-0.3, -0.25) is 0 Å². The molecule has 3 rings (SSSR count). The molecule has 0 saturated heterocycles. The van der Waals surface area contributed by atoms with Crippen LogP contribution in [-0.2, 0) is 17.6 Å². The second kappa shape index (κ2) is 8.31. The molecule has 1 aromatic carbocycles. The van der Waals surface area contributed by atoms with Gasteiger partial charge in [-0.25, -0.2) is 9.79 Å². The van der Waals surface area contributed by atoms with Crippen molar-refractivity contribution in [3.8, 4) is 5.75 Å². The molecule has 0 bridgehead atoms. The number of carbonyl (C=O) groups excluding carboxylic acids is 1. The molecule has 6 heteroatoms. The maximum absolute atomic E-state index is 12.4. The Morgan fingerprint density at radius 1 is 1.36 bits per heavy atom. The molecule has 25 heavy (non-hydrogen) atoms. The third-order valence-electron chi connectivity index (χ3n) is 4.14. The largest absolute Gasteiger partial charge is 0.496 e. The van der Waals surface area contributed by atoms with Crippen molar-refractivity contribution < 1.29 is 14.3 Å². The van der Waals surface area contributed by atoms with Crippen LogP contribution in [0.5, 0.6) is 5.75 Å². The van der Waals surface area contributed by atoms with Gasteiger partial charge in [-0.15, -0.1) is 11.3 Å².